The van der Waals surface area contributed by atoms with Gasteiger partial charge in [-0.15, -0.1) is 0 Å². The molecule has 4 heteroatoms. The molecule has 1 aliphatic rings. The Morgan fingerprint density at radius 1 is 1.22 bits per heavy atom. The lowest BCUT2D eigenvalue weighted by Gasteiger charge is -2.05. The summed E-state index contributed by atoms with van der Waals surface area (Å²) in [7, 11) is 0. The van der Waals surface area contributed by atoms with Crippen LogP contribution in [0.3, 0.4) is 0 Å². The van der Waals surface area contributed by atoms with Crippen LogP contribution in [0.4, 0.5) is 5.82 Å². The summed E-state index contributed by atoms with van der Waals surface area (Å²) in [6.45, 7) is 0. The molecule has 2 N–H and O–H groups in total. The third kappa shape index (κ3) is 1.70. The first kappa shape index (κ1) is 10.7. The fourth-order valence-corrected chi connectivity index (χ4v) is 2.33. The fourth-order valence-electron chi connectivity index (χ4n) is 2.33. The van der Waals surface area contributed by atoms with Crippen LogP contribution in [0, 0.1) is 11.3 Å². The summed E-state index contributed by atoms with van der Waals surface area (Å²) in [4.78, 5) is 8.38. The number of nitrogens with two attached hydrogens (primary N) is 1. The smallest absolute Gasteiger partial charge is 0.161 e. The van der Waals surface area contributed by atoms with Crippen molar-refractivity contribution in [3.63, 3.8) is 0 Å². The summed E-state index contributed by atoms with van der Waals surface area (Å²) in [5.41, 5.74) is 9.78. The molecule has 0 spiro atoms. The fraction of sp³-hybridized carbons (Fsp3) is 0.214. The van der Waals surface area contributed by atoms with Crippen LogP contribution in [0.5, 0.6) is 0 Å². The second-order valence-electron chi connectivity index (χ2n) is 4.44. The number of aromatic nitrogens is 2. The lowest BCUT2D eigenvalue weighted by atomic mass is 10.1. The number of hydrogen-bond donors (Lipinski definition) is 1. The molecule has 1 aliphatic carbocycles. The summed E-state index contributed by atoms with van der Waals surface area (Å²) >= 11 is 0. The Morgan fingerprint density at radius 3 is 2.83 bits per heavy atom. The average Bonchev–Trinajstić information content (AvgIpc) is 2.85. The molecular formula is C14H12N4. The zero-order valence-corrected chi connectivity index (χ0v) is 9.85. The molecule has 1 aromatic carbocycles. The van der Waals surface area contributed by atoms with Gasteiger partial charge in [0.25, 0.3) is 0 Å². The number of anilines is 1. The van der Waals surface area contributed by atoms with E-state index in [0.717, 1.165) is 18.4 Å². The SMILES string of the molecule is N#Cc1cnc(-c2ccc3c(c2)CCC3)nc1N. The van der Waals surface area contributed by atoms with Crippen molar-refractivity contribution in [1.29, 1.82) is 5.26 Å². The topological polar surface area (TPSA) is 75.6 Å². The number of nitrogen functional groups attached to an aromatic ring is 1. The van der Waals surface area contributed by atoms with E-state index in [9.17, 15) is 0 Å². The Balaban J connectivity index is 2.05. The van der Waals surface area contributed by atoms with Gasteiger partial charge in [0.2, 0.25) is 0 Å². The predicted molar refractivity (Wildman–Crippen MR) is 68.6 cm³/mol. The number of benzene rings is 1. The maximum atomic E-state index is 8.80. The quantitative estimate of drug-likeness (QED) is 0.822. The third-order valence-corrected chi connectivity index (χ3v) is 3.30. The van der Waals surface area contributed by atoms with Crippen LogP contribution in [0.15, 0.2) is 24.4 Å². The van der Waals surface area contributed by atoms with Gasteiger partial charge in [-0.3, -0.25) is 0 Å². The lowest BCUT2D eigenvalue weighted by molar-refractivity contribution is 0.912. The van der Waals surface area contributed by atoms with Gasteiger partial charge >= 0.3 is 0 Å². The van der Waals surface area contributed by atoms with E-state index in [2.05, 4.69) is 22.1 Å². The molecule has 3 rings (SSSR count). The van der Waals surface area contributed by atoms with Gasteiger partial charge in [-0.05, 0) is 36.5 Å². The van der Waals surface area contributed by atoms with Gasteiger partial charge in [-0.1, -0.05) is 12.1 Å². The van der Waals surface area contributed by atoms with E-state index in [1.807, 2.05) is 12.1 Å². The van der Waals surface area contributed by atoms with E-state index in [-0.39, 0.29) is 5.82 Å². The number of nitriles is 1. The van der Waals surface area contributed by atoms with Gasteiger partial charge in [-0.2, -0.15) is 5.26 Å². The Labute approximate surface area is 105 Å². The van der Waals surface area contributed by atoms with E-state index in [1.165, 1.54) is 23.7 Å². The normalized spacial score (nSPS) is 13.1. The van der Waals surface area contributed by atoms with Crippen molar-refractivity contribution in [2.75, 3.05) is 5.73 Å². The second-order valence-corrected chi connectivity index (χ2v) is 4.44. The van der Waals surface area contributed by atoms with Crippen LogP contribution < -0.4 is 5.73 Å². The van der Waals surface area contributed by atoms with Crippen LogP contribution in [0.1, 0.15) is 23.1 Å². The van der Waals surface area contributed by atoms with E-state index in [4.69, 9.17) is 11.0 Å². The number of nitrogens with zero attached hydrogens (tertiary/aromatic N) is 3. The first-order valence-electron chi connectivity index (χ1n) is 5.93. The van der Waals surface area contributed by atoms with Gasteiger partial charge in [0.1, 0.15) is 17.5 Å². The van der Waals surface area contributed by atoms with E-state index < -0.39 is 0 Å². The molecule has 0 saturated carbocycles. The third-order valence-electron chi connectivity index (χ3n) is 3.30. The Kier molecular flexibility index (Phi) is 2.45. The number of rotatable bonds is 1. The highest BCUT2D eigenvalue weighted by molar-refractivity contribution is 5.61. The van der Waals surface area contributed by atoms with E-state index >= 15 is 0 Å². The highest BCUT2D eigenvalue weighted by Crippen LogP contribution is 2.26. The Hall–Kier alpha value is -2.41. The van der Waals surface area contributed by atoms with Crippen LogP contribution in [-0.4, -0.2) is 9.97 Å². The number of fused-ring (bicyclic) bond motifs is 1. The average molecular weight is 236 g/mol. The summed E-state index contributed by atoms with van der Waals surface area (Å²) in [5, 5.41) is 8.80. The van der Waals surface area contributed by atoms with Crippen LogP contribution in [0.2, 0.25) is 0 Å². The van der Waals surface area contributed by atoms with Crippen molar-refractivity contribution in [1.82, 2.24) is 9.97 Å². The van der Waals surface area contributed by atoms with Crippen molar-refractivity contribution in [3.8, 4) is 17.5 Å². The maximum absolute atomic E-state index is 8.80. The Morgan fingerprint density at radius 2 is 2.06 bits per heavy atom. The Bertz CT molecular complexity index is 646. The molecular weight excluding hydrogens is 224 g/mol. The molecule has 88 valence electrons. The minimum Gasteiger partial charge on any atom is -0.382 e. The minimum atomic E-state index is 0.239. The van der Waals surface area contributed by atoms with Gasteiger partial charge in [0.05, 0.1) is 6.20 Å². The maximum Gasteiger partial charge on any atom is 0.161 e. The number of aryl methyl sites for hydroxylation is 2. The molecule has 0 radical (unpaired) electrons. The van der Waals surface area contributed by atoms with Crippen molar-refractivity contribution in [3.05, 3.63) is 41.1 Å². The molecule has 4 nitrogen and oxygen atoms in total. The van der Waals surface area contributed by atoms with Gasteiger partial charge in [0, 0.05) is 5.56 Å². The van der Waals surface area contributed by atoms with Crippen molar-refractivity contribution < 1.29 is 0 Å². The standard InChI is InChI=1S/C14H12N4/c15-7-12-8-17-14(18-13(12)16)11-5-4-9-2-1-3-10(9)6-11/h4-6,8H,1-3H2,(H2,16,17,18). The molecule has 1 heterocycles. The molecule has 2 aromatic rings. The second kappa shape index (κ2) is 4.11. The molecule has 0 bridgehead atoms. The monoisotopic (exact) mass is 236 g/mol. The van der Waals surface area contributed by atoms with Crippen molar-refractivity contribution in [2.24, 2.45) is 0 Å². The van der Waals surface area contributed by atoms with E-state index in [0.29, 0.717) is 11.4 Å². The van der Waals surface area contributed by atoms with Crippen molar-refractivity contribution >= 4 is 5.82 Å². The van der Waals surface area contributed by atoms with Gasteiger partial charge in [-0.25, -0.2) is 9.97 Å². The summed E-state index contributed by atoms with van der Waals surface area (Å²) in [6, 6.07) is 8.25. The highest BCUT2D eigenvalue weighted by Gasteiger charge is 2.13. The first-order valence-corrected chi connectivity index (χ1v) is 5.93. The zero-order valence-electron chi connectivity index (χ0n) is 9.85. The summed E-state index contributed by atoms with van der Waals surface area (Å²) in [5.74, 6) is 0.823. The first-order chi connectivity index (χ1) is 8.78. The van der Waals surface area contributed by atoms with Crippen molar-refractivity contribution in [2.45, 2.75) is 19.3 Å². The molecule has 0 amide bonds. The molecule has 0 aliphatic heterocycles. The molecule has 0 saturated heterocycles. The zero-order chi connectivity index (χ0) is 12.5. The number of hydrogen-bond acceptors (Lipinski definition) is 4. The minimum absolute atomic E-state index is 0.239. The molecule has 0 unspecified atom stereocenters. The lowest BCUT2D eigenvalue weighted by Crippen LogP contribution is -1.99. The predicted octanol–water partition coefficient (Wildman–Crippen LogP) is 2.09. The largest absolute Gasteiger partial charge is 0.382 e. The molecule has 18 heavy (non-hydrogen) atoms. The van der Waals surface area contributed by atoms with Crippen LogP contribution in [0.25, 0.3) is 11.4 Å². The molecule has 0 atom stereocenters. The van der Waals surface area contributed by atoms with E-state index in [1.54, 1.807) is 0 Å². The molecule has 0 fully saturated rings. The summed E-state index contributed by atoms with van der Waals surface area (Å²) in [6.07, 6.45) is 4.97. The van der Waals surface area contributed by atoms with Gasteiger partial charge in [0.15, 0.2) is 5.82 Å². The summed E-state index contributed by atoms with van der Waals surface area (Å²) < 4.78 is 0. The van der Waals surface area contributed by atoms with Gasteiger partial charge < -0.3 is 5.73 Å². The van der Waals surface area contributed by atoms with Crippen LogP contribution >= 0.6 is 0 Å². The van der Waals surface area contributed by atoms with Crippen LogP contribution in [-0.2, 0) is 12.8 Å². The highest BCUT2D eigenvalue weighted by atomic mass is 14.9. The molecule has 1 aromatic heterocycles.